The average Bonchev–Trinajstić information content (AvgIpc) is 3.60. The zero-order chi connectivity index (χ0) is 34.8. The zero-order valence-electron chi connectivity index (χ0n) is 29.2. The molecule has 0 atom stereocenters. The molecule has 0 radical (unpaired) electrons. The number of hydrogen-bond acceptors (Lipinski definition) is 1. The molecule has 0 aliphatic carbocycles. The number of aromatic nitrogens is 2. The van der Waals surface area contributed by atoms with Gasteiger partial charge in [0.05, 0.1) is 12.6 Å². The molecule has 0 saturated heterocycles. The number of imidazole rings is 1. The molecule has 2 heterocycles. The van der Waals surface area contributed by atoms with Gasteiger partial charge in [-0.25, -0.2) is 13.3 Å². The summed E-state index contributed by atoms with van der Waals surface area (Å²) in [5.74, 6) is 0.561. The van der Waals surface area contributed by atoms with Crippen molar-refractivity contribution in [2.24, 2.45) is 7.05 Å². The quantitative estimate of drug-likeness (QED) is 0.155. The summed E-state index contributed by atoms with van der Waals surface area (Å²) in [5.41, 5.74) is 12.4. The Hall–Kier alpha value is -5.13. The third kappa shape index (κ3) is 5.32. The lowest BCUT2D eigenvalue weighted by atomic mass is 9.88. The molecule has 2 nitrogen and oxygen atoms in total. The fourth-order valence-corrected chi connectivity index (χ4v) is 8.75. The van der Waals surface area contributed by atoms with E-state index in [-0.39, 0.29) is 11.8 Å². The number of aryl methyl sites for hydroxylation is 2. The smallest absolute Gasteiger partial charge is 0.225 e. The molecule has 5 heteroatoms. The summed E-state index contributed by atoms with van der Waals surface area (Å²) in [4.78, 5) is 0. The second-order valence-corrected chi connectivity index (χ2v) is 15.1. The highest BCUT2D eigenvalue weighted by Crippen LogP contribution is 2.43. The van der Waals surface area contributed by atoms with Crippen molar-refractivity contribution < 1.29 is 13.3 Å². The van der Waals surface area contributed by atoms with Gasteiger partial charge in [-0.05, 0) is 101 Å². The summed E-state index contributed by atoms with van der Waals surface area (Å²) in [7, 11) is 2.18. The van der Waals surface area contributed by atoms with E-state index in [4.69, 9.17) is 0 Å². The van der Waals surface area contributed by atoms with E-state index in [2.05, 4.69) is 142 Å². The highest BCUT2D eigenvalue weighted by Gasteiger charge is 2.32. The number of fused-ring (bicyclic) bond motifs is 4. The number of benzene rings is 6. The number of nitrogens with zero attached hydrogens (tertiary/aromatic N) is 2. The van der Waals surface area contributed by atoms with E-state index < -0.39 is 11.6 Å². The molecule has 0 aliphatic rings. The van der Waals surface area contributed by atoms with Crippen molar-refractivity contribution >= 4 is 42.5 Å². The maximum Gasteiger partial charge on any atom is 0.295 e. The first-order valence-electron chi connectivity index (χ1n) is 17.3. The molecular weight excluding hydrogens is 639 g/mol. The molecule has 8 rings (SSSR count). The molecule has 0 N–H and O–H groups in total. The van der Waals surface area contributed by atoms with Crippen LogP contribution < -0.4 is 4.57 Å². The minimum atomic E-state index is -0.573. The fraction of sp³-hybridized carbons (Fsp3) is 0.178. The van der Waals surface area contributed by atoms with Crippen molar-refractivity contribution in [1.29, 1.82) is 0 Å². The maximum atomic E-state index is 14.1. The monoisotopic (exact) mass is 677 g/mol. The Kier molecular flexibility index (Phi) is 7.91. The Balaban J connectivity index is 1.40. The van der Waals surface area contributed by atoms with Crippen LogP contribution in [0.25, 0.3) is 70.5 Å². The molecule has 0 bridgehead atoms. The molecule has 0 spiro atoms. The van der Waals surface area contributed by atoms with Crippen LogP contribution in [0.2, 0.25) is 0 Å². The van der Waals surface area contributed by atoms with Gasteiger partial charge in [-0.3, -0.25) is 0 Å². The normalized spacial score (nSPS) is 12.0. The lowest BCUT2D eigenvalue weighted by molar-refractivity contribution is -0.633. The fourth-order valence-electron chi connectivity index (χ4n) is 7.52. The number of rotatable bonds is 6. The van der Waals surface area contributed by atoms with Gasteiger partial charge in [0.25, 0.3) is 5.82 Å². The lowest BCUT2D eigenvalue weighted by Crippen LogP contribution is -2.30. The van der Waals surface area contributed by atoms with Gasteiger partial charge < -0.3 is 0 Å². The summed E-state index contributed by atoms with van der Waals surface area (Å²) in [6.45, 7) is 11.4. The first kappa shape index (κ1) is 32.1. The van der Waals surface area contributed by atoms with Crippen LogP contribution in [0, 0.1) is 18.6 Å². The van der Waals surface area contributed by atoms with Crippen molar-refractivity contribution in [2.45, 2.75) is 46.5 Å². The maximum absolute atomic E-state index is 14.1. The second kappa shape index (κ2) is 12.3. The Morgan fingerprint density at radius 3 is 1.90 bits per heavy atom. The van der Waals surface area contributed by atoms with E-state index in [0.29, 0.717) is 5.56 Å². The van der Waals surface area contributed by atoms with Gasteiger partial charge in [0.2, 0.25) is 0 Å². The van der Waals surface area contributed by atoms with Crippen LogP contribution in [-0.4, -0.2) is 4.57 Å². The molecule has 50 heavy (non-hydrogen) atoms. The first-order chi connectivity index (χ1) is 24.1. The second-order valence-electron chi connectivity index (χ2n) is 14.0. The van der Waals surface area contributed by atoms with E-state index in [9.17, 15) is 8.78 Å². The molecule has 248 valence electrons. The standard InChI is InChI=1S/C45H39F2N2S/c1-26(2)36-21-32(29-12-8-7-9-13-29)22-37(27(3)4)44(36)49-41-15-11-10-14-40(41)48(6)45(49)38-25-39-35-17-16-30(31-19-33(46)24-34(47)20-31)23-43(35)50-42(39)18-28(38)5/h7-27H,1-6H3/q+1. The molecular formula is C45H39F2N2S+. The summed E-state index contributed by atoms with van der Waals surface area (Å²) >= 11 is 1.72. The first-order valence-corrected chi connectivity index (χ1v) is 18.1. The molecule has 0 saturated carbocycles. The number of para-hydroxylation sites is 2. The summed E-state index contributed by atoms with van der Waals surface area (Å²) in [5, 5.41) is 2.31. The van der Waals surface area contributed by atoms with Crippen LogP contribution in [0.4, 0.5) is 8.78 Å². The molecule has 6 aromatic carbocycles. The largest absolute Gasteiger partial charge is 0.295 e. The Morgan fingerprint density at radius 1 is 0.600 bits per heavy atom. The molecule has 2 aromatic heterocycles. The van der Waals surface area contributed by atoms with Crippen LogP contribution in [0.1, 0.15) is 56.2 Å². The van der Waals surface area contributed by atoms with Crippen LogP contribution in [0.3, 0.4) is 0 Å². The molecule has 0 amide bonds. The predicted octanol–water partition coefficient (Wildman–Crippen LogP) is 12.7. The highest BCUT2D eigenvalue weighted by molar-refractivity contribution is 7.25. The topological polar surface area (TPSA) is 8.81 Å². The Morgan fingerprint density at radius 2 is 1.22 bits per heavy atom. The SMILES string of the molecule is Cc1cc2sc3cc(-c4cc(F)cc(F)c4)ccc3c2cc1-c1n(-c2c(C(C)C)cc(-c3ccccc3)cc2C(C)C)c2ccccc2[n+]1C. The predicted molar refractivity (Wildman–Crippen MR) is 206 cm³/mol. The van der Waals surface area contributed by atoms with E-state index in [1.54, 1.807) is 11.3 Å². The molecule has 0 fully saturated rings. The molecule has 0 aliphatic heterocycles. The van der Waals surface area contributed by atoms with Crippen LogP contribution in [0.15, 0.2) is 115 Å². The number of halogens is 2. The molecule has 0 unspecified atom stereocenters. The van der Waals surface area contributed by atoms with Crippen molar-refractivity contribution in [3.8, 4) is 39.3 Å². The van der Waals surface area contributed by atoms with Crippen molar-refractivity contribution in [1.82, 2.24) is 4.57 Å². The average molecular weight is 678 g/mol. The molecule has 8 aromatic rings. The van der Waals surface area contributed by atoms with E-state index in [1.165, 1.54) is 72.3 Å². The van der Waals surface area contributed by atoms with Crippen LogP contribution in [0.5, 0.6) is 0 Å². The van der Waals surface area contributed by atoms with E-state index in [1.807, 2.05) is 6.07 Å². The highest BCUT2D eigenvalue weighted by atomic mass is 32.1. The van der Waals surface area contributed by atoms with Crippen molar-refractivity contribution in [2.75, 3.05) is 0 Å². The van der Waals surface area contributed by atoms with Crippen molar-refractivity contribution in [3.63, 3.8) is 0 Å². The summed E-state index contributed by atoms with van der Waals surface area (Å²) < 4.78 is 35.3. The number of hydrogen-bond donors (Lipinski definition) is 0. The summed E-state index contributed by atoms with van der Waals surface area (Å²) in [6.07, 6.45) is 0. The lowest BCUT2D eigenvalue weighted by Gasteiger charge is -2.21. The number of thiophene rings is 1. The van der Waals surface area contributed by atoms with Gasteiger partial charge in [-0.15, -0.1) is 11.3 Å². The van der Waals surface area contributed by atoms with Crippen LogP contribution in [-0.2, 0) is 7.05 Å². The van der Waals surface area contributed by atoms with Gasteiger partial charge in [0.1, 0.15) is 17.3 Å². The van der Waals surface area contributed by atoms with Gasteiger partial charge in [0.15, 0.2) is 11.0 Å². The van der Waals surface area contributed by atoms with Gasteiger partial charge in [0, 0.05) is 37.4 Å². The van der Waals surface area contributed by atoms with E-state index >= 15 is 0 Å². The third-order valence-electron chi connectivity index (χ3n) is 10.0. The Labute approximate surface area is 295 Å². The van der Waals surface area contributed by atoms with Crippen LogP contribution >= 0.6 is 11.3 Å². The summed E-state index contributed by atoms with van der Waals surface area (Å²) in [6, 6.07) is 38.6. The van der Waals surface area contributed by atoms with E-state index in [0.717, 1.165) is 27.5 Å². The van der Waals surface area contributed by atoms with Gasteiger partial charge in [-0.1, -0.05) is 82.3 Å². The third-order valence-corrected chi connectivity index (χ3v) is 11.1. The van der Waals surface area contributed by atoms with Crippen molar-refractivity contribution in [3.05, 3.63) is 144 Å². The minimum absolute atomic E-state index is 0.288. The van der Waals surface area contributed by atoms with Gasteiger partial charge in [-0.2, -0.15) is 4.57 Å². The zero-order valence-corrected chi connectivity index (χ0v) is 30.0. The minimum Gasteiger partial charge on any atom is -0.225 e. The van der Waals surface area contributed by atoms with Gasteiger partial charge >= 0.3 is 0 Å². The Bertz CT molecular complexity index is 2540.